The summed E-state index contributed by atoms with van der Waals surface area (Å²) in [6.07, 6.45) is -1.25. The third-order valence-electron chi connectivity index (χ3n) is 4.04. The topological polar surface area (TPSA) is 26.0 Å². The van der Waals surface area contributed by atoms with E-state index in [9.17, 15) is 13.2 Å². The van der Waals surface area contributed by atoms with E-state index in [2.05, 4.69) is 13.8 Å². The minimum atomic E-state index is -4.34. The Hall–Kier alpha value is -1.03. The molecule has 1 aliphatic carbocycles. The van der Waals surface area contributed by atoms with Crippen LogP contribution in [0.2, 0.25) is 0 Å². The zero-order chi connectivity index (χ0) is 14.3. The average molecular weight is 271 g/mol. The number of halogens is 3. The normalized spacial score (nSPS) is 27.3. The second-order valence-electron chi connectivity index (χ2n) is 6.39. The second-order valence-corrected chi connectivity index (χ2v) is 6.39. The molecule has 1 saturated carbocycles. The molecule has 0 amide bonds. The van der Waals surface area contributed by atoms with Crippen molar-refractivity contribution in [2.75, 3.05) is 0 Å². The Morgan fingerprint density at radius 2 is 1.74 bits per heavy atom. The fraction of sp³-hybridized carbons (Fsp3) is 0.600. The molecule has 0 aromatic heterocycles. The lowest BCUT2D eigenvalue weighted by molar-refractivity contribution is -0.139. The van der Waals surface area contributed by atoms with Crippen molar-refractivity contribution in [3.63, 3.8) is 0 Å². The molecular formula is C15H20F3N. The van der Waals surface area contributed by atoms with Gasteiger partial charge in [0.25, 0.3) is 0 Å². The molecule has 2 rings (SSSR count). The van der Waals surface area contributed by atoms with Crippen LogP contribution in [0.3, 0.4) is 0 Å². The minimum absolute atomic E-state index is 0.00822. The van der Waals surface area contributed by atoms with Gasteiger partial charge in [0.1, 0.15) is 0 Å². The van der Waals surface area contributed by atoms with Crippen molar-refractivity contribution in [3.05, 3.63) is 35.4 Å². The van der Waals surface area contributed by atoms with Crippen molar-refractivity contribution >= 4 is 0 Å². The Balaban J connectivity index is 2.46. The van der Waals surface area contributed by atoms with Gasteiger partial charge in [-0.1, -0.05) is 38.5 Å². The molecule has 1 atom stereocenters. The predicted molar refractivity (Wildman–Crippen MR) is 69.6 cm³/mol. The van der Waals surface area contributed by atoms with Gasteiger partial charge in [-0.3, -0.25) is 0 Å². The third-order valence-corrected chi connectivity index (χ3v) is 4.04. The molecule has 0 aliphatic heterocycles. The molecule has 2 N–H and O–H groups in total. The first-order chi connectivity index (χ1) is 8.64. The molecule has 1 fully saturated rings. The van der Waals surface area contributed by atoms with Crippen molar-refractivity contribution in [1.82, 2.24) is 0 Å². The maximum atomic E-state index is 13.1. The van der Waals surface area contributed by atoms with Crippen LogP contribution in [-0.2, 0) is 11.7 Å². The lowest BCUT2D eigenvalue weighted by atomic mass is 9.65. The molecule has 0 spiro atoms. The van der Waals surface area contributed by atoms with Gasteiger partial charge < -0.3 is 5.73 Å². The van der Waals surface area contributed by atoms with Gasteiger partial charge >= 0.3 is 6.18 Å². The maximum absolute atomic E-state index is 13.1. The highest BCUT2D eigenvalue weighted by Crippen LogP contribution is 2.47. The number of rotatable bonds is 1. The Morgan fingerprint density at radius 1 is 1.11 bits per heavy atom. The van der Waals surface area contributed by atoms with Crippen LogP contribution in [0.4, 0.5) is 13.2 Å². The summed E-state index contributed by atoms with van der Waals surface area (Å²) in [4.78, 5) is 0. The van der Waals surface area contributed by atoms with E-state index in [0.29, 0.717) is 12.8 Å². The molecule has 1 aromatic carbocycles. The molecule has 1 aliphatic rings. The Kier molecular flexibility index (Phi) is 3.42. The molecule has 0 heterocycles. The van der Waals surface area contributed by atoms with Gasteiger partial charge in [0, 0.05) is 5.54 Å². The highest BCUT2D eigenvalue weighted by atomic mass is 19.4. The number of nitrogens with two attached hydrogens (primary N) is 1. The summed E-state index contributed by atoms with van der Waals surface area (Å²) < 4.78 is 39.3. The van der Waals surface area contributed by atoms with Crippen LogP contribution in [0.15, 0.2) is 24.3 Å². The van der Waals surface area contributed by atoms with Crippen LogP contribution in [-0.4, -0.2) is 0 Å². The summed E-state index contributed by atoms with van der Waals surface area (Å²) >= 11 is 0. The van der Waals surface area contributed by atoms with E-state index >= 15 is 0 Å². The lowest BCUT2D eigenvalue weighted by Gasteiger charge is -2.43. The average Bonchev–Trinajstić information content (AvgIpc) is 2.26. The monoisotopic (exact) mass is 271 g/mol. The third kappa shape index (κ3) is 2.94. The van der Waals surface area contributed by atoms with Crippen LogP contribution >= 0.6 is 0 Å². The number of hydrogen-bond acceptors (Lipinski definition) is 1. The highest BCUT2D eigenvalue weighted by Gasteiger charge is 2.43. The van der Waals surface area contributed by atoms with E-state index in [1.54, 1.807) is 6.07 Å². The van der Waals surface area contributed by atoms with Crippen molar-refractivity contribution in [2.45, 2.75) is 51.2 Å². The number of hydrogen-bond donors (Lipinski definition) is 1. The SMILES string of the molecule is CC1(C)CCCC(N)(c2ccccc2C(F)(F)F)C1. The zero-order valence-corrected chi connectivity index (χ0v) is 11.3. The van der Waals surface area contributed by atoms with E-state index in [0.717, 1.165) is 18.9 Å². The smallest absolute Gasteiger partial charge is 0.321 e. The molecule has 0 saturated heterocycles. The van der Waals surface area contributed by atoms with Crippen LogP contribution in [0, 0.1) is 5.41 Å². The Labute approximate surface area is 112 Å². The molecule has 1 unspecified atom stereocenters. The predicted octanol–water partition coefficient (Wildman–Crippen LogP) is 4.46. The van der Waals surface area contributed by atoms with E-state index in [4.69, 9.17) is 5.73 Å². The summed E-state index contributed by atoms with van der Waals surface area (Å²) in [6, 6.07) is 5.72. The molecule has 1 aromatic rings. The van der Waals surface area contributed by atoms with E-state index in [-0.39, 0.29) is 11.0 Å². The lowest BCUT2D eigenvalue weighted by Crippen LogP contribution is -2.45. The van der Waals surface area contributed by atoms with Gasteiger partial charge in [-0.05, 0) is 36.3 Å². The summed E-state index contributed by atoms with van der Waals surface area (Å²) in [5.41, 5.74) is 5.14. The van der Waals surface area contributed by atoms with Gasteiger partial charge in [0.15, 0.2) is 0 Å². The first-order valence-corrected chi connectivity index (χ1v) is 6.60. The van der Waals surface area contributed by atoms with Crippen molar-refractivity contribution in [2.24, 2.45) is 11.1 Å². The largest absolute Gasteiger partial charge is 0.416 e. The van der Waals surface area contributed by atoms with E-state index < -0.39 is 17.3 Å². The summed E-state index contributed by atoms with van der Waals surface area (Å²) in [5, 5.41) is 0. The molecule has 0 bridgehead atoms. The van der Waals surface area contributed by atoms with E-state index in [1.807, 2.05) is 0 Å². The second kappa shape index (κ2) is 4.51. The zero-order valence-electron chi connectivity index (χ0n) is 11.3. The number of benzene rings is 1. The minimum Gasteiger partial charge on any atom is -0.321 e. The van der Waals surface area contributed by atoms with Gasteiger partial charge in [0.05, 0.1) is 5.56 Å². The fourth-order valence-corrected chi connectivity index (χ4v) is 3.31. The standard InChI is InChI=1S/C15H20F3N/c1-13(2)8-5-9-14(19,10-13)11-6-3-4-7-12(11)15(16,17)18/h3-4,6-7H,5,8-10,19H2,1-2H3. The van der Waals surface area contributed by atoms with Gasteiger partial charge in [-0.25, -0.2) is 0 Å². The summed E-state index contributed by atoms with van der Waals surface area (Å²) in [7, 11) is 0. The molecule has 1 nitrogen and oxygen atoms in total. The van der Waals surface area contributed by atoms with Crippen molar-refractivity contribution in [1.29, 1.82) is 0 Å². The first kappa shape index (κ1) is 14.4. The first-order valence-electron chi connectivity index (χ1n) is 6.60. The van der Waals surface area contributed by atoms with E-state index in [1.165, 1.54) is 12.1 Å². The summed E-state index contributed by atoms with van der Waals surface area (Å²) in [5.74, 6) is 0. The molecule has 4 heteroatoms. The van der Waals surface area contributed by atoms with Crippen LogP contribution in [0.5, 0.6) is 0 Å². The Bertz CT molecular complexity index is 465. The van der Waals surface area contributed by atoms with Crippen LogP contribution < -0.4 is 5.73 Å². The van der Waals surface area contributed by atoms with Gasteiger partial charge in [-0.15, -0.1) is 0 Å². The highest BCUT2D eigenvalue weighted by molar-refractivity contribution is 5.36. The van der Waals surface area contributed by atoms with Crippen molar-refractivity contribution in [3.8, 4) is 0 Å². The maximum Gasteiger partial charge on any atom is 0.416 e. The summed E-state index contributed by atoms with van der Waals surface area (Å²) in [6.45, 7) is 4.15. The molecule has 0 radical (unpaired) electrons. The molecular weight excluding hydrogens is 251 g/mol. The van der Waals surface area contributed by atoms with Gasteiger partial charge in [0.2, 0.25) is 0 Å². The van der Waals surface area contributed by atoms with Gasteiger partial charge in [-0.2, -0.15) is 13.2 Å². The molecule has 106 valence electrons. The molecule has 19 heavy (non-hydrogen) atoms. The van der Waals surface area contributed by atoms with Crippen LogP contribution in [0.25, 0.3) is 0 Å². The fourth-order valence-electron chi connectivity index (χ4n) is 3.31. The Morgan fingerprint density at radius 3 is 2.32 bits per heavy atom. The van der Waals surface area contributed by atoms with Crippen LogP contribution in [0.1, 0.15) is 50.7 Å². The van der Waals surface area contributed by atoms with Crippen molar-refractivity contribution < 1.29 is 13.2 Å². The quantitative estimate of drug-likeness (QED) is 0.801. The number of alkyl halides is 3.